The summed E-state index contributed by atoms with van der Waals surface area (Å²) in [5.74, 6) is -1.04. The van der Waals surface area contributed by atoms with Crippen molar-refractivity contribution in [2.24, 2.45) is 0 Å². The Kier molecular flexibility index (Phi) is 6.21. The number of pyridine rings is 1. The molecule has 2 aromatic carbocycles. The first kappa shape index (κ1) is 22.3. The highest BCUT2D eigenvalue weighted by molar-refractivity contribution is 6.31. The summed E-state index contributed by atoms with van der Waals surface area (Å²) in [6.45, 7) is 12.0. The zero-order chi connectivity index (χ0) is 22.2. The molecule has 0 aliphatic heterocycles. The summed E-state index contributed by atoms with van der Waals surface area (Å²) >= 11 is 6.31. The third kappa shape index (κ3) is 4.50. The maximum atomic E-state index is 12.2. The van der Waals surface area contributed by atoms with Gasteiger partial charge >= 0.3 is 5.97 Å². The van der Waals surface area contributed by atoms with E-state index in [0.29, 0.717) is 16.3 Å². The van der Waals surface area contributed by atoms with Crippen LogP contribution in [0.2, 0.25) is 5.02 Å². The van der Waals surface area contributed by atoms with Gasteiger partial charge in [-0.05, 0) is 61.1 Å². The van der Waals surface area contributed by atoms with Crippen LogP contribution in [0, 0.1) is 6.92 Å². The van der Waals surface area contributed by atoms with Gasteiger partial charge in [0.1, 0.15) is 0 Å². The third-order valence-electron chi connectivity index (χ3n) is 5.11. The number of carboxylic acids is 1. The molecule has 3 rings (SSSR count). The van der Waals surface area contributed by atoms with Crippen molar-refractivity contribution >= 4 is 28.5 Å². The van der Waals surface area contributed by atoms with Crippen LogP contribution < -0.4 is 0 Å². The fraction of sp³-hybridized carbons (Fsp3) is 0.360. The average molecular weight is 426 g/mol. The number of rotatable bonds is 5. The second-order valence-electron chi connectivity index (χ2n) is 8.88. The molecule has 30 heavy (non-hydrogen) atoms. The number of ether oxygens (including phenoxy) is 1. The SMILES string of the molecule is Cc1nc2ccc(Cl)cc2c(-c2ccc(C(C)(C)C)cc2)c1C(OC(C)C)C(=O)O. The van der Waals surface area contributed by atoms with Gasteiger partial charge in [-0.15, -0.1) is 0 Å². The van der Waals surface area contributed by atoms with E-state index in [9.17, 15) is 9.90 Å². The van der Waals surface area contributed by atoms with Gasteiger partial charge in [0.05, 0.1) is 11.6 Å². The molecule has 158 valence electrons. The van der Waals surface area contributed by atoms with Crippen molar-refractivity contribution in [1.82, 2.24) is 4.98 Å². The molecular formula is C25H28ClNO3. The quantitative estimate of drug-likeness (QED) is 0.493. The lowest BCUT2D eigenvalue weighted by Crippen LogP contribution is -2.21. The van der Waals surface area contributed by atoms with E-state index in [1.165, 1.54) is 5.56 Å². The van der Waals surface area contributed by atoms with Crippen molar-refractivity contribution in [2.75, 3.05) is 0 Å². The molecule has 1 heterocycles. The molecule has 0 bridgehead atoms. The molecule has 3 aromatic rings. The van der Waals surface area contributed by atoms with Crippen molar-refractivity contribution in [3.63, 3.8) is 0 Å². The van der Waals surface area contributed by atoms with Gasteiger partial charge in [0.2, 0.25) is 0 Å². The minimum absolute atomic E-state index is 0.0191. The van der Waals surface area contributed by atoms with E-state index < -0.39 is 12.1 Å². The normalized spacial score (nSPS) is 13.1. The summed E-state index contributed by atoms with van der Waals surface area (Å²) in [4.78, 5) is 16.8. The lowest BCUT2D eigenvalue weighted by atomic mass is 9.85. The van der Waals surface area contributed by atoms with Crippen LogP contribution in [0.1, 0.15) is 57.5 Å². The predicted octanol–water partition coefficient (Wildman–Crippen LogP) is 6.71. The smallest absolute Gasteiger partial charge is 0.337 e. The third-order valence-corrected chi connectivity index (χ3v) is 5.34. The molecule has 0 aliphatic rings. The molecule has 0 spiro atoms. The Labute approximate surface area is 182 Å². The maximum absolute atomic E-state index is 12.2. The number of carbonyl (C=O) groups is 1. The second-order valence-corrected chi connectivity index (χ2v) is 9.31. The van der Waals surface area contributed by atoms with Gasteiger partial charge in [-0.25, -0.2) is 4.79 Å². The van der Waals surface area contributed by atoms with Crippen molar-refractivity contribution < 1.29 is 14.6 Å². The summed E-state index contributed by atoms with van der Waals surface area (Å²) in [7, 11) is 0. The summed E-state index contributed by atoms with van der Waals surface area (Å²) in [5.41, 5.74) is 4.90. The first-order valence-electron chi connectivity index (χ1n) is 10.1. The van der Waals surface area contributed by atoms with Crippen LogP contribution in [0.25, 0.3) is 22.0 Å². The van der Waals surface area contributed by atoms with Gasteiger partial charge in [0.25, 0.3) is 0 Å². The lowest BCUT2D eigenvalue weighted by molar-refractivity contribution is -0.153. The Morgan fingerprint density at radius 3 is 2.27 bits per heavy atom. The predicted molar refractivity (Wildman–Crippen MR) is 122 cm³/mol. The molecule has 0 saturated heterocycles. The van der Waals surface area contributed by atoms with Gasteiger partial charge in [-0.3, -0.25) is 4.98 Å². The summed E-state index contributed by atoms with van der Waals surface area (Å²) in [5, 5.41) is 11.4. The molecule has 1 atom stereocenters. The van der Waals surface area contributed by atoms with Crippen molar-refractivity contribution in [1.29, 1.82) is 0 Å². The number of aryl methyl sites for hydroxylation is 1. The van der Waals surface area contributed by atoms with Crippen molar-refractivity contribution in [3.05, 3.63) is 64.3 Å². The Hall–Kier alpha value is -2.43. The number of carboxylic acid groups (broad SMARTS) is 1. The second kappa shape index (κ2) is 8.37. The highest BCUT2D eigenvalue weighted by atomic mass is 35.5. The van der Waals surface area contributed by atoms with E-state index in [-0.39, 0.29) is 11.5 Å². The number of hydrogen-bond donors (Lipinski definition) is 1. The largest absolute Gasteiger partial charge is 0.479 e. The molecule has 1 aromatic heterocycles. The minimum Gasteiger partial charge on any atom is -0.479 e. The Morgan fingerprint density at radius 2 is 1.73 bits per heavy atom. The number of hydrogen-bond acceptors (Lipinski definition) is 3. The zero-order valence-electron chi connectivity index (χ0n) is 18.3. The molecule has 0 fully saturated rings. The average Bonchev–Trinajstić information content (AvgIpc) is 2.65. The number of benzene rings is 2. The van der Waals surface area contributed by atoms with E-state index in [4.69, 9.17) is 16.3 Å². The van der Waals surface area contributed by atoms with Crippen molar-refractivity contribution in [3.8, 4) is 11.1 Å². The fourth-order valence-corrected chi connectivity index (χ4v) is 3.84. The first-order valence-corrected chi connectivity index (χ1v) is 10.5. The molecule has 1 N–H and O–H groups in total. The van der Waals surface area contributed by atoms with E-state index in [0.717, 1.165) is 22.0 Å². The van der Waals surface area contributed by atoms with E-state index in [1.807, 2.05) is 45.0 Å². The fourth-order valence-electron chi connectivity index (χ4n) is 3.66. The topological polar surface area (TPSA) is 59.4 Å². The standard InChI is InChI=1S/C25H28ClNO3/c1-14(2)30-23(24(28)29)21-15(3)27-20-12-11-18(26)13-19(20)22(21)16-7-9-17(10-8-16)25(4,5)6/h7-14,23H,1-6H3,(H,28,29). The summed E-state index contributed by atoms with van der Waals surface area (Å²) < 4.78 is 5.83. The molecule has 0 radical (unpaired) electrons. The highest BCUT2D eigenvalue weighted by Gasteiger charge is 2.29. The molecule has 5 heteroatoms. The van der Waals surface area contributed by atoms with Crippen LogP contribution in [0.4, 0.5) is 0 Å². The van der Waals surface area contributed by atoms with Crippen LogP contribution in [-0.2, 0) is 14.9 Å². The van der Waals surface area contributed by atoms with Gasteiger partial charge in [-0.2, -0.15) is 0 Å². The van der Waals surface area contributed by atoms with E-state index >= 15 is 0 Å². The molecule has 0 aliphatic carbocycles. The van der Waals surface area contributed by atoms with Gasteiger partial charge in [0.15, 0.2) is 6.10 Å². The van der Waals surface area contributed by atoms with Crippen LogP contribution in [0.3, 0.4) is 0 Å². The zero-order valence-corrected chi connectivity index (χ0v) is 19.0. The van der Waals surface area contributed by atoms with Crippen LogP contribution in [0.15, 0.2) is 42.5 Å². The number of fused-ring (bicyclic) bond motifs is 1. The highest BCUT2D eigenvalue weighted by Crippen LogP contribution is 2.39. The Bertz CT molecular complexity index is 1080. The number of aliphatic carboxylic acids is 1. The van der Waals surface area contributed by atoms with Crippen LogP contribution in [-0.4, -0.2) is 22.2 Å². The number of halogens is 1. The van der Waals surface area contributed by atoms with E-state index in [2.05, 4.69) is 37.9 Å². The van der Waals surface area contributed by atoms with Crippen LogP contribution >= 0.6 is 11.6 Å². The minimum atomic E-state index is -1.13. The maximum Gasteiger partial charge on any atom is 0.337 e. The monoisotopic (exact) mass is 425 g/mol. The number of aromatic nitrogens is 1. The summed E-state index contributed by atoms with van der Waals surface area (Å²) in [6, 6.07) is 13.7. The van der Waals surface area contributed by atoms with Crippen LogP contribution in [0.5, 0.6) is 0 Å². The summed E-state index contributed by atoms with van der Waals surface area (Å²) in [6.07, 6.45) is -1.38. The van der Waals surface area contributed by atoms with Gasteiger partial charge in [0, 0.05) is 21.7 Å². The Balaban J connectivity index is 2.36. The molecule has 0 saturated carbocycles. The molecule has 0 amide bonds. The number of nitrogens with zero attached hydrogens (tertiary/aromatic N) is 1. The van der Waals surface area contributed by atoms with Gasteiger partial charge in [-0.1, -0.05) is 56.6 Å². The molecular weight excluding hydrogens is 398 g/mol. The van der Waals surface area contributed by atoms with Gasteiger partial charge < -0.3 is 9.84 Å². The van der Waals surface area contributed by atoms with E-state index in [1.54, 1.807) is 6.07 Å². The van der Waals surface area contributed by atoms with Crippen molar-refractivity contribution in [2.45, 2.75) is 59.2 Å². The Morgan fingerprint density at radius 1 is 1.10 bits per heavy atom. The molecule has 4 nitrogen and oxygen atoms in total. The lowest BCUT2D eigenvalue weighted by Gasteiger charge is -2.24. The first-order chi connectivity index (χ1) is 14.0. The molecule has 1 unspecified atom stereocenters.